The lowest BCUT2D eigenvalue weighted by molar-refractivity contribution is 0.408. The summed E-state index contributed by atoms with van der Waals surface area (Å²) in [6, 6.07) is 0. The Morgan fingerprint density at radius 3 is 3.19 bits per heavy atom. The van der Waals surface area contributed by atoms with Crippen molar-refractivity contribution in [3.8, 4) is 0 Å². The van der Waals surface area contributed by atoms with E-state index in [4.69, 9.17) is 11.6 Å². The molecule has 2 heterocycles. The largest absolute Gasteiger partial charge is 0.316 e. The molecular formula is C10H15ClN2OS2. The molecule has 0 bridgehead atoms. The third-order valence-electron chi connectivity index (χ3n) is 2.65. The molecule has 1 aromatic heterocycles. The number of aromatic nitrogens is 1. The Bertz CT molecular complexity index is 363. The van der Waals surface area contributed by atoms with Gasteiger partial charge in [0.1, 0.15) is 0 Å². The topological polar surface area (TPSA) is 42.0 Å². The quantitative estimate of drug-likeness (QED) is 0.917. The van der Waals surface area contributed by atoms with Gasteiger partial charge in [0.05, 0.1) is 5.75 Å². The van der Waals surface area contributed by atoms with Crippen molar-refractivity contribution < 1.29 is 4.21 Å². The van der Waals surface area contributed by atoms with E-state index in [0.717, 1.165) is 23.7 Å². The van der Waals surface area contributed by atoms with Crippen molar-refractivity contribution in [2.45, 2.75) is 18.6 Å². The molecule has 3 nitrogen and oxygen atoms in total. The van der Waals surface area contributed by atoms with Crippen LogP contribution in [0.1, 0.15) is 17.7 Å². The first kappa shape index (κ1) is 12.5. The van der Waals surface area contributed by atoms with Crippen LogP contribution in [0.25, 0.3) is 0 Å². The summed E-state index contributed by atoms with van der Waals surface area (Å²) in [7, 11) is -0.783. The number of nitrogens with one attached hydrogen (secondary N) is 1. The maximum Gasteiger partial charge on any atom is 0.183 e. The highest BCUT2D eigenvalue weighted by Crippen LogP contribution is 2.20. The number of thiazole rings is 1. The fourth-order valence-electron chi connectivity index (χ4n) is 1.90. The number of nitrogens with zero attached hydrogens (tertiary/aromatic N) is 1. The molecule has 0 saturated carbocycles. The van der Waals surface area contributed by atoms with Crippen LogP contribution in [0.3, 0.4) is 0 Å². The van der Waals surface area contributed by atoms with Crippen molar-refractivity contribution in [1.82, 2.24) is 10.3 Å². The van der Waals surface area contributed by atoms with Crippen LogP contribution in [0.2, 0.25) is 4.47 Å². The molecule has 90 valence electrons. The van der Waals surface area contributed by atoms with Gasteiger partial charge in [-0.1, -0.05) is 11.6 Å². The Hall–Kier alpha value is 0.0300. The summed E-state index contributed by atoms with van der Waals surface area (Å²) >= 11 is 7.16. The maximum absolute atomic E-state index is 11.9. The van der Waals surface area contributed by atoms with Gasteiger partial charge in [-0.2, -0.15) is 0 Å². The van der Waals surface area contributed by atoms with E-state index in [2.05, 4.69) is 10.3 Å². The Labute approximate surface area is 107 Å². The monoisotopic (exact) mass is 278 g/mol. The van der Waals surface area contributed by atoms with Crippen molar-refractivity contribution in [1.29, 1.82) is 0 Å². The van der Waals surface area contributed by atoms with Crippen LogP contribution in [0.4, 0.5) is 0 Å². The zero-order chi connectivity index (χ0) is 11.4. The van der Waals surface area contributed by atoms with E-state index in [0.29, 0.717) is 16.1 Å². The van der Waals surface area contributed by atoms with E-state index in [1.165, 1.54) is 24.2 Å². The summed E-state index contributed by atoms with van der Waals surface area (Å²) in [5.41, 5.74) is 0. The molecule has 0 amide bonds. The van der Waals surface area contributed by atoms with E-state index < -0.39 is 10.8 Å². The van der Waals surface area contributed by atoms with Gasteiger partial charge in [0, 0.05) is 27.6 Å². The lowest BCUT2D eigenvalue weighted by Crippen LogP contribution is -2.32. The summed E-state index contributed by atoms with van der Waals surface area (Å²) in [6.45, 7) is 2.11. The first-order valence-corrected chi connectivity index (χ1v) is 8.08. The van der Waals surface area contributed by atoms with Crippen LogP contribution in [-0.4, -0.2) is 28.0 Å². The van der Waals surface area contributed by atoms with Crippen LogP contribution in [-0.2, 0) is 16.6 Å². The molecule has 0 aromatic carbocycles. The minimum atomic E-state index is -0.783. The SMILES string of the molecule is O=S(Cc1cnc(Cl)s1)CC1CCCNC1. The van der Waals surface area contributed by atoms with Gasteiger partial charge in [0.2, 0.25) is 0 Å². The summed E-state index contributed by atoms with van der Waals surface area (Å²) in [5.74, 6) is 1.96. The van der Waals surface area contributed by atoms with Gasteiger partial charge >= 0.3 is 0 Å². The van der Waals surface area contributed by atoms with Gasteiger partial charge < -0.3 is 5.32 Å². The molecule has 1 aliphatic heterocycles. The molecule has 2 rings (SSSR count). The van der Waals surface area contributed by atoms with Gasteiger partial charge in [-0.25, -0.2) is 4.98 Å². The van der Waals surface area contributed by atoms with E-state index in [1.54, 1.807) is 6.20 Å². The van der Waals surface area contributed by atoms with Crippen molar-refractivity contribution in [3.63, 3.8) is 0 Å². The molecule has 1 aromatic rings. The standard InChI is InChI=1S/C10H15ClN2OS2/c11-10-13-5-9(15-10)7-16(14)6-8-2-1-3-12-4-8/h5,8,12H,1-4,6-7H2. The first-order chi connectivity index (χ1) is 7.74. The average molecular weight is 279 g/mol. The summed E-state index contributed by atoms with van der Waals surface area (Å²) in [6.07, 6.45) is 4.13. The van der Waals surface area contributed by atoms with Crippen LogP contribution < -0.4 is 5.32 Å². The minimum Gasteiger partial charge on any atom is -0.316 e. The highest BCUT2D eigenvalue weighted by atomic mass is 35.5. The molecule has 1 aliphatic rings. The van der Waals surface area contributed by atoms with E-state index in [1.807, 2.05) is 0 Å². The average Bonchev–Trinajstić information content (AvgIpc) is 2.65. The summed E-state index contributed by atoms with van der Waals surface area (Å²) < 4.78 is 12.4. The predicted molar refractivity (Wildman–Crippen MR) is 69.4 cm³/mol. The Morgan fingerprint density at radius 2 is 2.56 bits per heavy atom. The van der Waals surface area contributed by atoms with E-state index in [9.17, 15) is 4.21 Å². The zero-order valence-electron chi connectivity index (χ0n) is 8.95. The van der Waals surface area contributed by atoms with Gasteiger partial charge in [0.15, 0.2) is 4.47 Å². The normalized spacial score (nSPS) is 23.2. The fourth-order valence-corrected chi connectivity index (χ4v) is 4.62. The third kappa shape index (κ3) is 3.80. The molecular weight excluding hydrogens is 264 g/mol. The zero-order valence-corrected chi connectivity index (χ0v) is 11.3. The lowest BCUT2D eigenvalue weighted by atomic mass is 10.0. The van der Waals surface area contributed by atoms with Gasteiger partial charge in [-0.15, -0.1) is 11.3 Å². The predicted octanol–water partition coefficient (Wildman–Crippen LogP) is 2.04. The number of halogens is 1. The van der Waals surface area contributed by atoms with E-state index >= 15 is 0 Å². The summed E-state index contributed by atoms with van der Waals surface area (Å²) in [5, 5.41) is 3.34. The molecule has 2 unspecified atom stereocenters. The van der Waals surface area contributed by atoms with Crippen LogP contribution in [0.5, 0.6) is 0 Å². The number of rotatable bonds is 4. The first-order valence-electron chi connectivity index (χ1n) is 5.40. The van der Waals surface area contributed by atoms with Gasteiger partial charge in [0.25, 0.3) is 0 Å². The molecule has 16 heavy (non-hydrogen) atoms. The van der Waals surface area contributed by atoms with Crippen LogP contribution in [0.15, 0.2) is 6.20 Å². The van der Waals surface area contributed by atoms with Crippen LogP contribution in [0, 0.1) is 5.92 Å². The van der Waals surface area contributed by atoms with Crippen molar-refractivity contribution in [2.75, 3.05) is 18.8 Å². The molecule has 0 radical (unpaired) electrons. The van der Waals surface area contributed by atoms with E-state index in [-0.39, 0.29) is 0 Å². The highest BCUT2D eigenvalue weighted by Gasteiger charge is 2.16. The molecule has 0 spiro atoms. The van der Waals surface area contributed by atoms with Gasteiger partial charge in [-0.3, -0.25) is 4.21 Å². The van der Waals surface area contributed by atoms with Gasteiger partial charge in [-0.05, 0) is 31.8 Å². The summed E-state index contributed by atoms with van der Waals surface area (Å²) in [4.78, 5) is 4.97. The number of hydrogen-bond acceptors (Lipinski definition) is 4. The fraction of sp³-hybridized carbons (Fsp3) is 0.700. The second-order valence-corrected chi connectivity index (χ2v) is 7.24. The lowest BCUT2D eigenvalue weighted by Gasteiger charge is -2.21. The van der Waals surface area contributed by atoms with Crippen molar-refractivity contribution >= 4 is 33.7 Å². The van der Waals surface area contributed by atoms with Crippen LogP contribution >= 0.6 is 22.9 Å². The second-order valence-electron chi connectivity index (χ2n) is 4.04. The minimum absolute atomic E-state index is 0.534. The Morgan fingerprint density at radius 1 is 1.69 bits per heavy atom. The molecule has 6 heteroatoms. The third-order valence-corrected chi connectivity index (χ3v) is 5.42. The second kappa shape index (κ2) is 6.10. The Balaban J connectivity index is 1.79. The number of piperidine rings is 1. The smallest absolute Gasteiger partial charge is 0.183 e. The number of hydrogen-bond donors (Lipinski definition) is 1. The molecule has 1 N–H and O–H groups in total. The molecule has 1 saturated heterocycles. The molecule has 0 aliphatic carbocycles. The Kier molecular flexibility index (Phi) is 4.76. The maximum atomic E-state index is 11.9. The highest BCUT2D eigenvalue weighted by molar-refractivity contribution is 7.84. The van der Waals surface area contributed by atoms with Crippen molar-refractivity contribution in [2.24, 2.45) is 5.92 Å². The molecule has 1 fully saturated rings. The molecule has 2 atom stereocenters. The van der Waals surface area contributed by atoms with Crippen molar-refractivity contribution in [3.05, 3.63) is 15.5 Å².